The van der Waals surface area contributed by atoms with Crippen LogP contribution in [-0.4, -0.2) is 36.5 Å². The first-order valence-corrected chi connectivity index (χ1v) is 7.45. The number of rotatable bonds is 3. The van der Waals surface area contributed by atoms with Crippen molar-refractivity contribution in [2.24, 2.45) is 5.73 Å². The molecule has 1 atom stereocenters. The molecule has 1 unspecified atom stereocenters. The summed E-state index contributed by atoms with van der Waals surface area (Å²) in [6.45, 7) is 4.71. The molecule has 3 rings (SSSR count). The second kappa shape index (κ2) is 5.42. The van der Waals surface area contributed by atoms with E-state index in [2.05, 4.69) is 10.1 Å². The third-order valence-electron chi connectivity index (χ3n) is 4.66. The predicted octanol–water partition coefficient (Wildman–Crippen LogP) is 1.49. The van der Waals surface area contributed by atoms with Gasteiger partial charge in [0.25, 0.3) is 0 Å². The molecule has 112 valence electrons. The van der Waals surface area contributed by atoms with Crippen molar-refractivity contribution in [3.05, 3.63) is 11.7 Å². The first-order valence-electron chi connectivity index (χ1n) is 7.45. The monoisotopic (exact) mass is 281 g/mol. The summed E-state index contributed by atoms with van der Waals surface area (Å²) in [6, 6.07) is 0. The summed E-state index contributed by atoms with van der Waals surface area (Å²) in [5.74, 6) is 1.31. The molecule has 6 heteroatoms. The topological polar surface area (TPSA) is 83.4 Å². The lowest BCUT2D eigenvalue weighted by Gasteiger charge is -2.33. The van der Waals surface area contributed by atoms with Gasteiger partial charge >= 0.3 is 0 Å². The Kier molecular flexibility index (Phi) is 3.79. The zero-order chi connectivity index (χ0) is 14.1. The van der Waals surface area contributed by atoms with Crippen molar-refractivity contribution in [3.8, 4) is 0 Å². The number of ether oxygens (including phenoxy) is 2. The maximum atomic E-state index is 5.98. The van der Waals surface area contributed by atoms with Crippen molar-refractivity contribution >= 4 is 0 Å². The molecule has 1 aromatic rings. The molecule has 0 spiro atoms. The van der Waals surface area contributed by atoms with Crippen LogP contribution >= 0.6 is 0 Å². The van der Waals surface area contributed by atoms with E-state index in [0.717, 1.165) is 38.7 Å². The van der Waals surface area contributed by atoms with Gasteiger partial charge in [-0.1, -0.05) is 5.16 Å². The number of hydrogen-bond donors (Lipinski definition) is 1. The molecule has 0 amide bonds. The predicted molar refractivity (Wildman–Crippen MR) is 72.2 cm³/mol. The van der Waals surface area contributed by atoms with Gasteiger partial charge in [-0.2, -0.15) is 4.98 Å². The fourth-order valence-electron chi connectivity index (χ4n) is 3.03. The van der Waals surface area contributed by atoms with Crippen LogP contribution in [0.5, 0.6) is 0 Å². The molecular formula is C14H23N3O3. The molecule has 20 heavy (non-hydrogen) atoms. The maximum Gasteiger partial charge on any atom is 0.234 e. The lowest BCUT2D eigenvalue weighted by atomic mass is 9.80. The summed E-state index contributed by atoms with van der Waals surface area (Å²) in [7, 11) is 0. The molecule has 3 heterocycles. The van der Waals surface area contributed by atoms with Crippen molar-refractivity contribution in [3.63, 3.8) is 0 Å². The van der Waals surface area contributed by atoms with Gasteiger partial charge in [0.05, 0.1) is 5.41 Å². The minimum absolute atomic E-state index is 0.228. The zero-order valence-electron chi connectivity index (χ0n) is 12.1. The summed E-state index contributed by atoms with van der Waals surface area (Å²) >= 11 is 0. The second-order valence-electron chi connectivity index (χ2n) is 6.06. The molecule has 0 radical (unpaired) electrons. The van der Waals surface area contributed by atoms with E-state index in [-0.39, 0.29) is 5.41 Å². The van der Waals surface area contributed by atoms with Crippen molar-refractivity contribution in [1.29, 1.82) is 0 Å². The Bertz CT molecular complexity index is 448. The molecule has 2 saturated heterocycles. The lowest BCUT2D eigenvalue weighted by molar-refractivity contribution is -0.0770. The van der Waals surface area contributed by atoms with Crippen LogP contribution in [0.4, 0.5) is 0 Å². The molecule has 2 N–H and O–H groups in total. The molecule has 0 bridgehead atoms. The third kappa shape index (κ3) is 2.36. The Balaban J connectivity index is 1.85. The van der Waals surface area contributed by atoms with E-state index in [4.69, 9.17) is 19.7 Å². The highest BCUT2D eigenvalue weighted by Gasteiger charge is 2.41. The highest BCUT2D eigenvalue weighted by atomic mass is 16.5. The van der Waals surface area contributed by atoms with Crippen molar-refractivity contribution in [2.45, 2.75) is 50.0 Å². The average Bonchev–Trinajstić information content (AvgIpc) is 3.00. The minimum Gasteiger partial charge on any atom is -0.381 e. The molecule has 6 nitrogen and oxygen atoms in total. The van der Waals surface area contributed by atoms with E-state index >= 15 is 0 Å². The molecule has 0 saturated carbocycles. The highest BCUT2D eigenvalue weighted by molar-refractivity contribution is 5.10. The highest BCUT2D eigenvalue weighted by Crippen LogP contribution is 2.37. The quantitative estimate of drug-likeness (QED) is 0.903. The molecular weight excluding hydrogens is 258 g/mol. The van der Waals surface area contributed by atoms with E-state index in [1.54, 1.807) is 0 Å². The summed E-state index contributed by atoms with van der Waals surface area (Å²) in [4.78, 5) is 4.63. The average molecular weight is 281 g/mol. The van der Waals surface area contributed by atoms with Gasteiger partial charge in [0.1, 0.15) is 5.60 Å². The molecule has 0 aromatic carbocycles. The van der Waals surface area contributed by atoms with E-state index < -0.39 is 5.60 Å². The number of aromatic nitrogens is 2. The van der Waals surface area contributed by atoms with Crippen LogP contribution in [0.15, 0.2) is 4.52 Å². The summed E-state index contributed by atoms with van der Waals surface area (Å²) in [5.41, 5.74) is 5.33. The van der Waals surface area contributed by atoms with Gasteiger partial charge in [-0.15, -0.1) is 0 Å². The van der Waals surface area contributed by atoms with Crippen molar-refractivity contribution in [2.75, 3.05) is 26.4 Å². The smallest absolute Gasteiger partial charge is 0.234 e. The van der Waals surface area contributed by atoms with E-state index in [1.165, 1.54) is 0 Å². The normalized spacial score (nSPS) is 30.3. The van der Waals surface area contributed by atoms with Gasteiger partial charge in [0.2, 0.25) is 11.7 Å². The largest absolute Gasteiger partial charge is 0.381 e. The summed E-state index contributed by atoms with van der Waals surface area (Å²) in [5, 5.41) is 4.17. The van der Waals surface area contributed by atoms with E-state index in [0.29, 0.717) is 31.5 Å². The Morgan fingerprint density at radius 3 is 2.60 bits per heavy atom. The Labute approximate surface area is 119 Å². The second-order valence-corrected chi connectivity index (χ2v) is 6.06. The fourth-order valence-corrected chi connectivity index (χ4v) is 3.03. The SMILES string of the molecule is CC1(c2noc(C3(CN)CCOCC3)n2)CCCCO1. The summed E-state index contributed by atoms with van der Waals surface area (Å²) in [6.07, 6.45) is 4.84. The summed E-state index contributed by atoms with van der Waals surface area (Å²) < 4.78 is 16.8. The van der Waals surface area contributed by atoms with Crippen LogP contribution in [0, 0.1) is 0 Å². The Morgan fingerprint density at radius 1 is 1.15 bits per heavy atom. The Morgan fingerprint density at radius 2 is 1.95 bits per heavy atom. The lowest BCUT2D eigenvalue weighted by Crippen LogP contribution is -2.41. The first-order chi connectivity index (χ1) is 9.69. The van der Waals surface area contributed by atoms with Crippen LogP contribution in [0.1, 0.15) is 50.7 Å². The van der Waals surface area contributed by atoms with Crippen LogP contribution in [0.2, 0.25) is 0 Å². The van der Waals surface area contributed by atoms with E-state index in [1.807, 2.05) is 6.92 Å². The van der Waals surface area contributed by atoms with Gasteiger partial charge in [0.15, 0.2) is 0 Å². The van der Waals surface area contributed by atoms with Gasteiger partial charge in [-0.3, -0.25) is 0 Å². The minimum atomic E-state index is -0.416. The van der Waals surface area contributed by atoms with Gasteiger partial charge in [-0.05, 0) is 39.0 Å². The maximum absolute atomic E-state index is 5.98. The van der Waals surface area contributed by atoms with Crippen molar-refractivity contribution < 1.29 is 14.0 Å². The van der Waals surface area contributed by atoms with Crippen LogP contribution in [-0.2, 0) is 20.5 Å². The molecule has 2 aliphatic heterocycles. The van der Waals surface area contributed by atoms with E-state index in [9.17, 15) is 0 Å². The van der Waals surface area contributed by atoms with Gasteiger partial charge in [-0.25, -0.2) is 0 Å². The fraction of sp³-hybridized carbons (Fsp3) is 0.857. The number of nitrogens with zero attached hydrogens (tertiary/aromatic N) is 2. The standard InChI is InChI=1S/C14H23N3O3/c1-13(4-2-3-7-19-13)11-16-12(20-17-11)14(10-15)5-8-18-9-6-14/h2-10,15H2,1H3. The molecule has 1 aromatic heterocycles. The Hall–Kier alpha value is -0.980. The van der Waals surface area contributed by atoms with Gasteiger partial charge < -0.3 is 19.7 Å². The number of hydrogen-bond acceptors (Lipinski definition) is 6. The third-order valence-corrected chi connectivity index (χ3v) is 4.66. The van der Waals surface area contributed by atoms with Crippen LogP contribution in [0.3, 0.4) is 0 Å². The van der Waals surface area contributed by atoms with Crippen LogP contribution in [0.25, 0.3) is 0 Å². The van der Waals surface area contributed by atoms with Crippen LogP contribution < -0.4 is 5.73 Å². The zero-order valence-corrected chi connectivity index (χ0v) is 12.1. The molecule has 2 fully saturated rings. The molecule has 2 aliphatic rings. The van der Waals surface area contributed by atoms with Gasteiger partial charge in [0, 0.05) is 26.4 Å². The van der Waals surface area contributed by atoms with Crippen molar-refractivity contribution in [1.82, 2.24) is 10.1 Å². The first kappa shape index (κ1) is 14.0. The molecule has 0 aliphatic carbocycles. The number of nitrogens with two attached hydrogens (primary N) is 1.